The Morgan fingerprint density at radius 1 is 1.33 bits per heavy atom. The van der Waals surface area contributed by atoms with Crippen molar-refractivity contribution in [3.05, 3.63) is 29.3 Å². The minimum Gasteiger partial charge on any atom is -0.481 e. The van der Waals surface area contributed by atoms with E-state index < -0.39 is 11.4 Å². The molecular weight excluding hydrogens is 244 g/mol. The van der Waals surface area contributed by atoms with Crippen LogP contribution in [-0.2, 0) is 17.6 Å². The average molecular weight is 264 g/mol. The largest absolute Gasteiger partial charge is 0.481 e. The zero-order chi connectivity index (χ0) is 13.2. The fourth-order valence-corrected chi connectivity index (χ4v) is 3.41. The Hall–Kier alpha value is -0.960. The lowest BCUT2D eigenvalue weighted by molar-refractivity contribution is -0.146. The third-order valence-electron chi connectivity index (χ3n) is 3.64. The van der Waals surface area contributed by atoms with E-state index in [-0.39, 0.29) is 0 Å². The third-order valence-corrected chi connectivity index (χ3v) is 4.64. The van der Waals surface area contributed by atoms with Gasteiger partial charge < -0.3 is 5.11 Å². The van der Waals surface area contributed by atoms with Gasteiger partial charge in [-0.25, -0.2) is 0 Å². The molecule has 0 fully saturated rings. The zero-order valence-electron chi connectivity index (χ0n) is 11.0. The highest BCUT2D eigenvalue weighted by atomic mass is 32.2. The van der Waals surface area contributed by atoms with Crippen LogP contribution in [0, 0.1) is 5.41 Å². The smallest absolute Gasteiger partial charge is 0.309 e. The van der Waals surface area contributed by atoms with Crippen molar-refractivity contribution in [2.24, 2.45) is 5.41 Å². The van der Waals surface area contributed by atoms with Gasteiger partial charge in [-0.2, -0.15) is 0 Å². The molecule has 18 heavy (non-hydrogen) atoms. The summed E-state index contributed by atoms with van der Waals surface area (Å²) in [5, 5.41) is 9.06. The molecule has 0 unspecified atom stereocenters. The van der Waals surface area contributed by atoms with Crippen molar-refractivity contribution in [1.29, 1.82) is 0 Å². The fraction of sp³-hybridized carbons (Fsp3) is 0.533. The molecule has 0 aromatic heterocycles. The molecule has 2 rings (SSSR count). The van der Waals surface area contributed by atoms with Crippen LogP contribution in [0.1, 0.15) is 37.8 Å². The molecule has 2 nitrogen and oxygen atoms in total. The molecule has 0 heterocycles. The standard InChI is InChI=1S/C15H20O2S/c1-15(2,14(16)17)8-9-18-13-7-6-11-4-3-5-12(11)10-13/h6-7,10H,3-5,8-9H2,1-2H3,(H,16,17). The molecule has 0 spiro atoms. The van der Waals surface area contributed by atoms with E-state index in [0.717, 1.165) is 5.75 Å². The second kappa shape index (κ2) is 5.35. The van der Waals surface area contributed by atoms with Crippen LogP contribution in [0.2, 0.25) is 0 Å². The fourth-order valence-electron chi connectivity index (χ4n) is 2.17. The predicted octanol–water partition coefficient (Wildman–Crippen LogP) is 3.77. The zero-order valence-corrected chi connectivity index (χ0v) is 11.8. The number of rotatable bonds is 5. The van der Waals surface area contributed by atoms with Gasteiger partial charge in [0.1, 0.15) is 0 Å². The number of aliphatic carboxylic acids is 1. The lowest BCUT2D eigenvalue weighted by Gasteiger charge is -2.18. The highest BCUT2D eigenvalue weighted by Crippen LogP contribution is 2.30. The third kappa shape index (κ3) is 3.08. The monoisotopic (exact) mass is 264 g/mol. The number of fused-ring (bicyclic) bond motifs is 1. The molecule has 1 aromatic carbocycles. The van der Waals surface area contributed by atoms with Crippen LogP contribution >= 0.6 is 11.8 Å². The van der Waals surface area contributed by atoms with E-state index in [1.807, 2.05) is 0 Å². The Morgan fingerprint density at radius 2 is 2.06 bits per heavy atom. The molecule has 1 aromatic rings. The molecule has 3 heteroatoms. The number of carbonyl (C=O) groups is 1. The van der Waals surface area contributed by atoms with Crippen molar-refractivity contribution in [3.63, 3.8) is 0 Å². The van der Waals surface area contributed by atoms with Crippen molar-refractivity contribution in [2.75, 3.05) is 5.75 Å². The predicted molar refractivity (Wildman–Crippen MR) is 75.2 cm³/mol. The first kappa shape index (κ1) is 13.5. The molecule has 1 N–H and O–H groups in total. The van der Waals surface area contributed by atoms with Gasteiger partial charge >= 0.3 is 5.97 Å². The van der Waals surface area contributed by atoms with E-state index in [1.54, 1.807) is 25.6 Å². The number of thioether (sulfide) groups is 1. The molecule has 0 radical (unpaired) electrons. The second-order valence-electron chi connectivity index (χ2n) is 5.57. The summed E-state index contributed by atoms with van der Waals surface area (Å²) in [6, 6.07) is 6.68. The number of carboxylic acids is 1. The Bertz CT molecular complexity index is 452. The van der Waals surface area contributed by atoms with Gasteiger partial charge in [0.05, 0.1) is 5.41 Å². The summed E-state index contributed by atoms with van der Waals surface area (Å²) >= 11 is 1.77. The maximum atomic E-state index is 11.0. The molecule has 0 bridgehead atoms. The Balaban J connectivity index is 1.89. The molecule has 98 valence electrons. The van der Waals surface area contributed by atoms with Crippen LogP contribution in [0.25, 0.3) is 0 Å². The van der Waals surface area contributed by atoms with Gasteiger partial charge in [-0.15, -0.1) is 11.8 Å². The molecule has 0 amide bonds. The number of hydrogen-bond acceptors (Lipinski definition) is 2. The van der Waals surface area contributed by atoms with Gasteiger partial charge in [0.25, 0.3) is 0 Å². The van der Waals surface area contributed by atoms with Crippen LogP contribution in [0.5, 0.6) is 0 Å². The molecule has 1 aliphatic carbocycles. The van der Waals surface area contributed by atoms with Gasteiger partial charge in [0, 0.05) is 4.90 Å². The quantitative estimate of drug-likeness (QED) is 0.823. The van der Waals surface area contributed by atoms with E-state index in [2.05, 4.69) is 18.2 Å². The van der Waals surface area contributed by atoms with Crippen molar-refractivity contribution in [2.45, 2.75) is 44.4 Å². The maximum Gasteiger partial charge on any atom is 0.309 e. The number of carboxylic acid groups (broad SMARTS) is 1. The first-order valence-corrected chi connectivity index (χ1v) is 7.45. The van der Waals surface area contributed by atoms with Crippen LogP contribution in [0.3, 0.4) is 0 Å². The van der Waals surface area contributed by atoms with E-state index in [1.165, 1.54) is 35.3 Å². The summed E-state index contributed by atoms with van der Waals surface area (Å²) < 4.78 is 0. The van der Waals surface area contributed by atoms with Crippen LogP contribution in [0.4, 0.5) is 0 Å². The van der Waals surface area contributed by atoms with E-state index in [4.69, 9.17) is 5.11 Å². The number of aryl methyl sites for hydroxylation is 2. The molecule has 0 aliphatic heterocycles. The van der Waals surface area contributed by atoms with Gasteiger partial charge in [0.2, 0.25) is 0 Å². The van der Waals surface area contributed by atoms with Crippen LogP contribution < -0.4 is 0 Å². The Kier molecular flexibility index (Phi) is 4.00. The van der Waals surface area contributed by atoms with E-state index in [0.29, 0.717) is 6.42 Å². The number of benzene rings is 1. The van der Waals surface area contributed by atoms with Crippen molar-refractivity contribution < 1.29 is 9.90 Å². The van der Waals surface area contributed by atoms with Crippen molar-refractivity contribution >= 4 is 17.7 Å². The Labute approximate surface area is 113 Å². The SMILES string of the molecule is CC(C)(CCSc1ccc2c(c1)CCC2)C(=O)O. The second-order valence-corrected chi connectivity index (χ2v) is 6.74. The van der Waals surface area contributed by atoms with Crippen LogP contribution in [-0.4, -0.2) is 16.8 Å². The maximum absolute atomic E-state index is 11.0. The molecule has 0 atom stereocenters. The van der Waals surface area contributed by atoms with Gasteiger partial charge in [-0.3, -0.25) is 4.79 Å². The molecule has 0 saturated carbocycles. The topological polar surface area (TPSA) is 37.3 Å². The first-order valence-electron chi connectivity index (χ1n) is 6.47. The van der Waals surface area contributed by atoms with Crippen molar-refractivity contribution in [1.82, 2.24) is 0 Å². The van der Waals surface area contributed by atoms with Crippen LogP contribution in [0.15, 0.2) is 23.1 Å². The van der Waals surface area contributed by atoms with Crippen molar-refractivity contribution in [3.8, 4) is 0 Å². The van der Waals surface area contributed by atoms with Gasteiger partial charge in [-0.05, 0) is 68.5 Å². The van der Waals surface area contributed by atoms with E-state index in [9.17, 15) is 4.79 Å². The lowest BCUT2D eigenvalue weighted by atomic mass is 9.91. The minimum absolute atomic E-state index is 0.621. The molecule has 1 aliphatic rings. The summed E-state index contributed by atoms with van der Waals surface area (Å²) in [7, 11) is 0. The first-order chi connectivity index (χ1) is 8.49. The van der Waals surface area contributed by atoms with E-state index >= 15 is 0 Å². The average Bonchev–Trinajstić information content (AvgIpc) is 2.75. The summed E-state index contributed by atoms with van der Waals surface area (Å²) in [5.41, 5.74) is 2.35. The van der Waals surface area contributed by atoms with Gasteiger partial charge in [0.15, 0.2) is 0 Å². The molecule has 0 saturated heterocycles. The highest BCUT2D eigenvalue weighted by Gasteiger charge is 2.26. The lowest BCUT2D eigenvalue weighted by Crippen LogP contribution is -2.24. The summed E-state index contributed by atoms with van der Waals surface area (Å²) in [4.78, 5) is 12.3. The Morgan fingerprint density at radius 3 is 2.78 bits per heavy atom. The normalized spacial score (nSPS) is 14.6. The highest BCUT2D eigenvalue weighted by molar-refractivity contribution is 7.99. The summed E-state index contributed by atoms with van der Waals surface area (Å²) in [6.45, 7) is 3.58. The summed E-state index contributed by atoms with van der Waals surface area (Å²) in [5.74, 6) is 0.148. The van der Waals surface area contributed by atoms with Gasteiger partial charge in [-0.1, -0.05) is 6.07 Å². The minimum atomic E-state index is -0.711. The number of hydrogen-bond donors (Lipinski definition) is 1. The molecular formula is C15H20O2S. The summed E-state index contributed by atoms with van der Waals surface area (Å²) in [6.07, 6.45) is 4.39.